The van der Waals surface area contributed by atoms with Gasteiger partial charge in [0.05, 0.1) is 12.5 Å². The lowest BCUT2D eigenvalue weighted by Crippen LogP contribution is -2.48. The average Bonchev–Trinajstić information content (AvgIpc) is 1.98. The third-order valence-corrected chi connectivity index (χ3v) is 1.90. The molecule has 0 aliphatic carbocycles. The third kappa shape index (κ3) is 7.50. The minimum atomic E-state index is -4.21. The highest BCUT2D eigenvalue weighted by atomic mass is 19.4. The number of hydrogen-bond donors (Lipinski definition) is 2. The van der Waals surface area contributed by atoms with Crippen molar-refractivity contribution < 1.29 is 18.0 Å². The molecule has 2 N–H and O–H groups in total. The highest BCUT2D eigenvalue weighted by Crippen LogP contribution is 2.21. The summed E-state index contributed by atoms with van der Waals surface area (Å²) >= 11 is 0. The van der Waals surface area contributed by atoms with Gasteiger partial charge in [0.1, 0.15) is 0 Å². The van der Waals surface area contributed by atoms with Crippen LogP contribution in [0.15, 0.2) is 0 Å². The molecule has 2 unspecified atom stereocenters. The van der Waals surface area contributed by atoms with Crippen LogP contribution in [-0.2, 0) is 4.79 Å². The number of carbonyl (C=O) groups is 1. The summed E-state index contributed by atoms with van der Waals surface area (Å²) in [7, 11) is 0. The monoisotopic (exact) mass is 240 g/mol. The summed E-state index contributed by atoms with van der Waals surface area (Å²) in [4.78, 5) is 11.4. The van der Waals surface area contributed by atoms with E-state index in [9.17, 15) is 18.0 Å². The van der Waals surface area contributed by atoms with E-state index in [2.05, 4.69) is 10.6 Å². The van der Waals surface area contributed by atoms with E-state index in [1.165, 1.54) is 6.92 Å². The quantitative estimate of drug-likeness (QED) is 0.769. The first-order chi connectivity index (χ1) is 7.11. The molecule has 0 aliphatic rings. The van der Waals surface area contributed by atoms with E-state index < -0.39 is 24.7 Å². The summed E-state index contributed by atoms with van der Waals surface area (Å²) in [6, 6.07) is -1.41. The van der Waals surface area contributed by atoms with Crippen molar-refractivity contribution in [1.29, 1.82) is 0 Å². The van der Waals surface area contributed by atoms with Crippen LogP contribution < -0.4 is 10.6 Å². The van der Waals surface area contributed by atoms with Crippen LogP contribution in [0.4, 0.5) is 13.2 Å². The van der Waals surface area contributed by atoms with E-state index in [1.807, 2.05) is 0 Å². The average molecular weight is 240 g/mol. The zero-order chi connectivity index (χ0) is 12.9. The molecule has 0 radical (unpaired) electrons. The molecule has 0 aliphatic heterocycles. The van der Waals surface area contributed by atoms with Crippen LogP contribution in [0.5, 0.6) is 0 Å². The Balaban J connectivity index is 4.04. The summed E-state index contributed by atoms with van der Waals surface area (Å²) in [5.74, 6) is -0.288. The molecule has 0 fully saturated rings. The molecule has 3 nitrogen and oxygen atoms in total. The highest BCUT2D eigenvalue weighted by Gasteiger charge is 2.31. The summed E-state index contributed by atoms with van der Waals surface area (Å²) < 4.78 is 36.1. The summed E-state index contributed by atoms with van der Waals surface area (Å²) in [5.41, 5.74) is 0. The van der Waals surface area contributed by atoms with E-state index in [1.54, 1.807) is 20.8 Å². The fourth-order valence-corrected chi connectivity index (χ4v) is 1.32. The van der Waals surface area contributed by atoms with Crippen molar-refractivity contribution in [2.45, 2.75) is 58.4 Å². The standard InChI is InChI=1S/C10H19F3N2O/c1-6(2)14-9(16)8(4)15-7(3)5-10(11,12)13/h6-8,15H,5H2,1-4H3,(H,14,16). The van der Waals surface area contributed by atoms with E-state index in [4.69, 9.17) is 0 Å². The van der Waals surface area contributed by atoms with Crippen molar-refractivity contribution in [2.75, 3.05) is 0 Å². The van der Waals surface area contributed by atoms with Crippen LogP contribution in [0, 0.1) is 0 Å². The maximum Gasteiger partial charge on any atom is 0.390 e. The van der Waals surface area contributed by atoms with Crippen LogP contribution in [0.2, 0.25) is 0 Å². The van der Waals surface area contributed by atoms with Gasteiger partial charge in [-0.15, -0.1) is 0 Å². The van der Waals surface area contributed by atoms with Crippen molar-refractivity contribution >= 4 is 5.91 Å². The van der Waals surface area contributed by atoms with Gasteiger partial charge in [0, 0.05) is 12.1 Å². The molecular formula is C10H19F3N2O. The normalized spacial score (nSPS) is 16.0. The van der Waals surface area contributed by atoms with Gasteiger partial charge in [-0.2, -0.15) is 13.2 Å². The second-order valence-corrected chi connectivity index (χ2v) is 4.27. The van der Waals surface area contributed by atoms with E-state index >= 15 is 0 Å². The van der Waals surface area contributed by atoms with Crippen LogP contribution in [0.25, 0.3) is 0 Å². The Bertz CT molecular complexity index is 229. The molecule has 96 valence electrons. The smallest absolute Gasteiger partial charge is 0.353 e. The van der Waals surface area contributed by atoms with Gasteiger partial charge >= 0.3 is 6.18 Å². The van der Waals surface area contributed by atoms with Crippen LogP contribution >= 0.6 is 0 Å². The number of nitrogens with one attached hydrogen (secondary N) is 2. The molecule has 0 aromatic carbocycles. The first kappa shape index (κ1) is 15.2. The van der Waals surface area contributed by atoms with Gasteiger partial charge in [0.15, 0.2) is 0 Å². The van der Waals surface area contributed by atoms with Crippen molar-refractivity contribution in [3.8, 4) is 0 Å². The Labute approximate surface area is 93.8 Å². The van der Waals surface area contributed by atoms with Crippen LogP contribution in [-0.4, -0.2) is 30.2 Å². The number of hydrogen-bond acceptors (Lipinski definition) is 2. The number of alkyl halides is 3. The highest BCUT2D eigenvalue weighted by molar-refractivity contribution is 5.81. The summed E-state index contributed by atoms with van der Waals surface area (Å²) in [6.45, 7) is 6.55. The number of carbonyl (C=O) groups excluding carboxylic acids is 1. The SMILES string of the molecule is CC(C)NC(=O)C(C)NC(C)CC(F)(F)F. The molecule has 0 bridgehead atoms. The molecule has 0 aromatic rings. The van der Waals surface area contributed by atoms with E-state index in [-0.39, 0.29) is 11.9 Å². The molecule has 0 spiro atoms. The van der Waals surface area contributed by atoms with E-state index in [0.29, 0.717) is 0 Å². The second-order valence-electron chi connectivity index (χ2n) is 4.27. The number of rotatable bonds is 5. The molecule has 6 heteroatoms. The molecule has 2 atom stereocenters. The Hall–Kier alpha value is -0.780. The zero-order valence-corrected chi connectivity index (χ0v) is 9.98. The Morgan fingerprint density at radius 1 is 1.19 bits per heavy atom. The predicted octanol–water partition coefficient (Wildman–Crippen LogP) is 1.83. The second kappa shape index (κ2) is 6.08. The van der Waals surface area contributed by atoms with Crippen molar-refractivity contribution in [1.82, 2.24) is 10.6 Å². The number of amides is 1. The topological polar surface area (TPSA) is 41.1 Å². The maximum absolute atomic E-state index is 12.0. The zero-order valence-electron chi connectivity index (χ0n) is 9.98. The third-order valence-electron chi connectivity index (χ3n) is 1.90. The first-order valence-corrected chi connectivity index (χ1v) is 5.25. The minimum Gasteiger partial charge on any atom is -0.353 e. The summed E-state index contributed by atoms with van der Waals surface area (Å²) in [6.07, 6.45) is -5.15. The largest absolute Gasteiger partial charge is 0.390 e. The van der Waals surface area contributed by atoms with Gasteiger partial charge in [0.2, 0.25) is 5.91 Å². The van der Waals surface area contributed by atoms with Gasteiger partial charge in [-0.05, 0) is 27.7 Å². The molecule has 0 heterocycles. The van der Waals surface area contributed by atoms with Crippen molar-refractivity contribution in [3.63, 3.8) is 0 Å². The molecule has 0 rings (SSSR count). The maximum atomic E-state index is 12.0. The van der Waals surface area contributed by atoms with Crippen LogP contribution in [0.1, 0.15) is 34.1 Å². The van der Waals surface area contributed by atoms with Gasteiger partial charge in [-0.25, -0.2) is 0 Å². The van der Waals surface area contributed by atoms with Gasteiger partial charge in [-0.3, -0.25) is 4.79 Å². The van der Waals surface area contributed by atoms with Crippen molar-refractivity contribution in [2.24, 2.45) is 0 Å². The Kier molecular flexibility index (Phi) is 5.78. The number of halogens is 3. The minimum absolute atomic E-state index is 0.0188. The van der Waals surface area contributed by atoms with Gasteiger partial charge in [-0.1, -0.05) is 0 Å². The van der Waals surface area contributed by atoms with Gasteiger partial charge < -0.3 is 10.6 Å². The summed E-state index contributed by atoms with van der Waals surface area (Å²) in [5, 5.41) is 5.24. The fraction of sp³-hybridized carbons (Fsp3) is 0.900. The molecule has 0 saturated carbocycles. The lowest BCUT2D eigenvalue weighted by atomic mass is 10.2. The Morgan fingerprint density at radius 2 is 1.69 bits per heavy atom. The van der Waals surface area contributed by atoms with Gasteiger partial charge in [0.25, 0.3) is 0 Å². The molecule has 16 heavy (non-hydrogen) atoms. The lowest BCUT2D eigenvalue weighted by molar-refractivity contribution is -0.140. The van der Waals surface area contributed by atoms with E-state index in [0.717, 1.165) is 0 Å². The molecular weight excluding hydrogens is 221 g/mol. The Morgan fingerprint density at radius 3 is 2.06 bits per heavy atom. The molecule has 1 amide bonds. The lowest BCUT2D eigenvalue weighted by Gasteiger charge is -2.21. The molecule has 0 saturated heterocycles. The molecule has 0 aromatic heterocycles. The van der Waals surface area contributed by atoms with Crippen molar-refractivity contribution in [3.05, 3.63) is 0 Å². The van der Waals surface area contributed by atoms with Crippen LogP contribution in [0.3, 0.4) is 0 Å². The fourth-order valence-electron chi connectivity index (χ4n) is 1.32. The first-order valence-electron chi connectivity index (χ1n) is 5.25. The predicted molar refractivity (Wildman–Crippen MR) is 56.0 cm³/mol.